The molecule has 0 amide bonds. The molecular weight excluding hydrogens is 348 g/mol. The SMILES string of the molecule is COc1ccc(C(C(=O)O)N2CCN(Cc3nccn3C)CC2)c(OC)c1. The van der Waals surface area contributed by atoms with Gasteiger partial charge in [-0.05, 0) is 12.1 Å². The van der Waals surface area contributed by atoms with Crippen LogP contribution in [-0.4, -0.2) is 70.8 Å². The van der Waals surface area contributed by atoms with Crippen molar-refractivity contribution in [3.63, 3.8) is 0 Å². The monoisotopic (exact) mass is 374 g/mol. The maximum atomic E-state index is 12.0. The molecule has 1 atom stereocenters. The highest BCUT2D eigenvalue weighted by Gasteiger charge is 2.32. The summed E-state index contributed by atoms with van der Waals surface area (Å²) < 4.78 is 12.6. The lowest BCUT2D eigenvalue weighted by Crippen LogP contribution is -2.49. The van der Waals surface area contributed by atoms with Crippen LogP contribution in [0, 0.1) is 0 Å². The molecule has 0 radical (unpaired) electrons. The van der Waals surface area contributed by atoms with Gasteiger partial charge in [-0.15, -0.1) is 0 Å². The van der Waals surface area contributed by atoms with Gasteiger partial charge in [0.2, 0.25) is 0 Å². The van der Waals surface area contributed by atoms with Crippen molar-refractivity contribution in [2.24, 2.45) is 7.05 Å². The number of aryl methyl sites for hydroxylation is 1. The third kappa shape index (κ3) is 4.23. The molecule has 2 heterocycles. The number of piperazine rings is 1. The molecule has 1 unspecified atom stereocenters. The molecule has 8 heteroatoms. The smallest absolute Gasteiger partial charge is 0.325 e. The van der Waals surface area contributed by atoms with E-state index < -0.39 is 12.0 Å². The topological polar surface area (TPSA) is 80.1 Å². The van der Waals surface area contributed by atoms with E-state index >= 15 is 0 Å². The van der Waals surface area contributed by atoms with Crippen molar-refractivity contribution in [1.29, 1.82) is 0 Å². The normalized spacial score (nSPS) is 16.9. The van der Waals surface area contributed by atoms with E-state index in [-0.39, 0.29) is 0 Å². The fraction of sp³-hybridized carbons (Fsp3) is 0.474. The summed E-state index contributed by atoms with van der Waals surface area (Å²) in [6.07, 6.45) is 3.73. The molecule has 146 valence electrons. The fourth-order valence-corrected chi connectivity index (χ4v) is 3.46. The fourth-order valence-electron chi connectivity index (χ4n) is 3.46. The van der Waals surface area contributed by atoms with Crippen molar-refractivity contribution >= 4 is 5.97 Å². The lowest BCUT2D eigenvalue weighted by molar-refractivity contribution is -0.144. The molecule has 0 bridgehead atoms. The molecule has 1 aromatic carbocycles. The van der Waals surface area contributed by atoms with E-state index in [0.717, 1.165) is 25.5 Å². The van der Waals surface area contributed by atoms with E-state index in [4.69, 9.17) is 9.47 Å². The van der Waals surface area contributed by atoms with Crippen molar-refractivity contribution in [3.05, 3.63) is 42.0 Å². The molecule has 1 N–H and O–H groups in total. The summed E-state index contributed by atoms with van der Waals surface area (Å²) >= 11 is 0. The third-order valence-electron chi connectivity index (χ3n) is 5.03. The van der Waals surface area contributed by atoms with E-state index in [9.17, 15) is 9.90 Å². The van der Waals surface area contributed by atoms with Crippen molar-refractivity contribution in [3.8, 4) is 11.5 Å². The number of aliphatic carboxylic acids is 1. The first-order valence-electron chi connectivity index (χ1n) is 8.90. The minimum Gasteiger partial charge on any atom is -0.497 e. The van der Waals surface area contributed by atoms with Gasteiger partial charge < -0.3 is 19.1 Å². The second-order valence-corrected chi connectivity index (χ2v) is 6.62. The number of carboxylic acid groups (broad SMARTS) is 1. The van der Waals surface area contributed by atoms with Gasteiger partial charge in [-0.25, -0.2) is 4.98 Å². The Hall–Kier alpha value is -2.58. The zero-order chi connectivity index (χ0) is 19.4. The first-order chi connectivity index (χ1) is 13.0. The van der Waals surface area contributed by atoms with Gasteiger partial charge in [0.1, 0.15) is 23.4 Å². The average Bonchev–Trinajstić information content (AvgIpc) is 3.08. The van der Waals surface area contributed by atoms with Crippen LogP contribution in [0.4, 0.5) is 0 Å². The van der Waals surface area contributed by atoms with Gasteiger partial charge in [0.25, 0.3) is 0 Å². The number of aromatic nitrogens is 2. The molecule has 1 aliphatic rings. The van der Waals surface area contributed by atoms with Gasteiger partial charge in [-0.2, -0.15) is 0 Å². The molecule has 0 saturated carbocycles. The van der Waals surface area contributed by atoms with Crippen LogP contribution in [0.3, 0.4) is 0 Å². The molecule has 3 rings (SSSR count). The standard InChI is InChI=1S/C19H26N4O4/c1-21-7-6-20-17(21)13-22-8-10-23(11-9-22)18(19(24)25)15-5-4-14(26-2)12-16(15)27-3/h4-7,12,18H,8-11,13H2,1-3H3,(H,24,25). The zero-order valence-electron chi connectivity index (χ0n) is 16.0. The minimum atomic E-state index is -0.879. The third-order valence-corrected chi connectivity index (χ3v) is 5.03. The number of nitrogens with zero attached hydrogens (tertiary/aromatic N) is 4. The van der Waals surface area contributed by atoms with Crippen LogP contribution in [0.2, 0.25) is 0 Å². The summed E-state index contributed by atoms with van der Waals surface area (Å²) in [6.45, 7) is 3.66. The number of imidazole rings is 1. The van der Waals surface area contributed by atoms with E-state index in [1.165, 1.54) is 0 Å². The Morgan fingerprint density at radius 1 is 1.22 bits per heavy atom. The quantitative estimate of drug-likeness (QED) is 0.784. The lowest BCUT2D eigenvalue weighted by Gasteiger charge is -2.38. The summed E-state index contributed by atoms with van der Waals surface area (Å²) in [4.78, 5) is 20.7. The molecule has 1 saturated heterocycles. The Morgan fingerprint density at radius 2 is 1.96 bits per heavy atom. The number of ether oxygens (including phenoxy) is 2. The maximum Gasteiger partial charge on any atom is 0.325 e. The van der Waals surface area contributed by atoms with E-state index in [2.05, 4.69) is 9.88 Å². The Kier molecular flexibility index (Phi) is 5.98. The molecule has 0 aliphatic carbocycles. The highest BCUT2D eigenvalue weighted by atomic mass is 16.5. The summed E-state index contributed by atoms with van der Waals surface area (Å²) in [5.74, 6) is 1.29. The number of carbonyl (C=O) groups is 1. The van der Waals surface area contributed by atoms with Gasteiger partial charge >= 0.3 is 5.97 Å². The first kappa shape index (κ1) is 19.2. The van der Waals surface area contributed by atoms with Crippen LogP contribution >= 0.6 is 0 Å². The summed E-state index contributed by atoms with van der Waals surface area (Å²) in [5, 5.41) is 9.88. The molecule has 0 spiro atoms. The van der Waals surface area contributed by atoms with Crippen molar-refractivity contribution in [2.45, 2.75) is 12.6 Å². The van der Waals surface area contributed by atoms with Crippen LogP contribution in [0.15, 0.2) is 30.6 Å². The van der Waals surface area contributed by atoms with E-state index in [0.29, 0.717) is 30.2 Å². The summed E-state index contributed by atoms with van der Waals surface area (Å²) in [7, 11) is 5.10. The van der Waals surface area contributed by atoms with E-state index in [1.807, 2.05) is 22.7 Å². The number of hydrogen-bond donors (Lipinski definition) is 1. The Morgan fingerprint density at radius 3 is 2.52 bits per heavy atom. The highest BCUT2D eigenvalue weighted by molar-refractivity contribution is 5.77. The second-order valence-electron chi connectivity index (χ2n) is 6.62. The Labute approximate surface area is 158 Å². The number of hydrogen-bond acceptors (Lipinski definition) is 6. The highest BCUT2D eigenvalue weighted by Crippen LogP contribution is 2.33. The van der Waals surface area contributed by atoms with Gasteiger partial charge in [-0.3, -0.25) is 14.6 Å². The van der Waals surface area contributed by atoms with Gasteiger partial charge in [0.15, 0.2) is 0 Å². The lowest BCUT2D eigenvalue weighted by atomic mass is 10.0. The number of benzene rings is 1. The van der Waals surface area contributed by atoms with Crippen LogP contribution in [0.25, 0.3) is 0 Å². The first-order valence-corrected chi connectivity index (χ1v) is 8.90. The van der Waals surface area contributed by atoms with Crippen molar-refractivity contribution < 1.29 is 19.4 Å². The molecule has 1 fully saturated rings. The number of methoxy groups -OCH3 is 2. The van der Waals surface area contributed by atoms with Gasteiger partial charge in [0.05, 0.1) is 20.8 Å². The molecule has 1 aliphatic heterocycles. The van der Waals surface area contributed by atoms with E-state index in [1.54, 1.807) is 38.6 Å². The Balaban J connectivity index is 1.72. The second kappa shape index (κ2) is 8.41. The number of rotatable bonds is 7. The predicted molar refractivity (Wildman–Crippen MR) is 100.0 cm³/mol. The molecular formula is C19H26N4O4. The zero-order valence-corrected chi connectivity index (χ0v) is 16.0. The Bertz CT molecular complexity index is 784. The summed E-state index contributed by atoms with van der Waals surface area (Å²) in [6, 6.07) is 4.52. The van der Waals surface area contributed by atoms with Crippen LogP contribution in [-0.2, 0) is 18.4 Å². The largest absolute Gasteiger partial charge is 0.497 e. The predicted octanol–water partition coefficient (Wildman–Crippen LogP) is 1.38. The summed E-state index contributed by atoms with van der Waals surface area (Å²) in [5.41, 5.74) is 0.642. The molecule has 27 heavy (non-hydrogen) atoms. The van der Waals surface area contributed by atoms with Gasteiger partial charge in [-0.1, -0.05) is 0 Å². The minimum absolute atomic E-state index is 0.525. The van der Waals surface area contributed by atoms with Crippen molar-refractivity contribution in [2.75, 3.05) is 40.4 Å². The van der Waals surface area contributed by atoms with Crippen LogP contribution in [0.5, 0.6) is 11.5 Å². The van der Waals surface area contributed by atoms with Crippen LogP contribution in [0.1, 0.15) is 17.4 Å². The van der Waals surface area contributed by atoms with Gasteiger partial charge in [0, 0.05) is 57.3 Å². The van der Waals surface area contributed by atoms with Crippen LogP contribution < -0.4 is 9.47 Å². The molecule has 8 nitrogen and oxygen atoms in total. The number of carboxylic acids is 1. The maximum absolute atomic E-state index is 12.0. The average molecular weight is 374 g/mol. The molecule has 1 aromatic heterocycles. The molecule has 2 aromatic rings. The van der Waals surface area contributed by atoms with Crippen molar-refractivity contribution in [1.82, 2.24) is 19.4 Å².